The van der Waals surface area contributed by atoms with Crippen molar-refractivity contribution in [1.82, 2.24) is 19.5 Å². The molecule has 2 unspecified atom stereocenters. The van der Waals surface area contributed by atoms with Crippen LogP contribution in [0.15, 0.2) is 23.1 Å². The second-order valence-electron chi connectivity index (χ2n) is 6.77. The smallest absolute Gasteiger partial charge is 0.246 e. The molecule has 0 bridgehead atoms. The molecule has 0 radical (unpaired) electrons. The number of sulfonamides is 1. The maximum absolute atomic E-state index is 13.9. The fourth-order valence-corrected chi connectivity index (χ4v) is 4.86. The molecule has 0 amide bonds. The van der Waals surface area contributed by atoms with Crippen molar-refractivity contribution in [3.63, 3.8) is 0 Å². The quantitative estimate of drug-likeness (QED) is 0.856. The molecule has 2 atom stereocenters. The van der Waals surface area contributed by atoms with E-state index in [1.165, 1.54) is 0 Å². The molecule has 2 heterocycles. The van der Waals surface area contributed by atoms with Crippen molar-refractivity contribution in [2.24, 2.45) is 5.92 Å². The van der Waals surface area contributed by atoms with Crippen molar-refractivity contribution in [2.45, 2.75) is 29.6 Å². The largest absolute Gasteiger partial charge is 0.263 e. The molecule has 26 heavy (non-hydrogen) atoms. The summed E-state index contributed by atoms with van der Waals surface area (Å²) in [6.07, 6.45) is 2.03. The van der Waals surface area contributed by atoms with Crippen LogP contribution < -0.4 is 0 Å². The summed E-state index contributed by atoms with van der Waals surface area (Å²) in [4.78, 5) is 3.78. The van der Waals surface area contributed by atoms with E-state index < -0.39 is 45.1 Å². The van der Waals surface area contributed by atoms with Gasteiger partial charge in [0.15, 0.2) is 5.82 Å². The maximum atomic E-state index is 13.9. The number of rotatable bonds is 5. The van der Waals surface area contributed by atoms with Gasteiger partial charge in [0.05, 0.1) is 6.67 Å². The van der Waals surface area contributed by atoms with Crippen LogP contribution in [0.4, 0.5) is 13.2 Å². The highest BCUT2D eigenvalue weighted by Crippen LogP contribution is 2.40. The molecular weight excluding hydrogens is 369 g/mol. The van der Waals surface area contributed by atoms with Gasteiger partial charge in [0.25, 0.3) is 0 Å². The van der Waals surface area contributed by atoms with E-state index in [0.717, 1.165) is 29.3 Å². The highest BCUT2D eigenvalue weighted by molar-refractivity contribution is 7.89. The number of hydrogen-bond donors (Lipinski definition) is 1. The highest BCUT2D eigenvalue weighted by Gasteiger charge is 2.43. The molecule has 1 aliphatic carbocycles. The Kier molecular flexibility index (Phi) is 4.26. The first kappa shape index (κ1) is 17.5. The minimum absolute atomic E-state index is 0.0347. The molecule has 1 saturated carbocycles. The van der Waals surface area contributed by atoms with Crippen LogP contribution in [0.3, 0.4) is 0 Å². The van der Waals surface area contributed by atoms with Gasteiger partial charge in [0.2, 0.25) is 10.0 Å². The Morgan fingerprint density at radius 1 is 1.23 bits per heavy atom. The summed E-state index contributed by atoms with van der Waals surface area (Å²) in [6.45, 7) is -0.866. The molecule has 10 heteroatoms. The number of nitrogens with one attached hydrogen (secondary N) is 1. The van der Waals surface area contributed by atoms with Gasteiger partial charge in [-0.1, -0.05) is 0 Å². The first-order valence-electron chi connectivity index (χ1n) is 8.33. The van der Waals surface area contributed by atoms with Gasteiger partial charge in [0, 0.05) is 36.9 Å². The van der Waals surface area contributed by atoms with Crippen molar-refractivity contribution in [3.8, 4) is 0 Å². The van der Waals surface area contributed by atoms with Gasteiger partial charge in [0.1, 0.15) is 22.4 Å². The van der Waals surface area contributed by atoms with Crippen molar-refractivity contribution in [2.75, 3.05) is 19.8 Å². The molecule has 1 aliphatic heterocycles. The number of nitrogens with zero attached hydrogens (tertiary/aromatic N) is 3. The minimum Gasteiger partial charge on any atom is -0.263 e. The van der Waals surface area contributed by atoms with Crippen LogP contribution in [0.2, 0.25) is 0 Å². The molecule has 4 rings (SSSR count). The number of halogens is 3. The highest BCUT2D eigenvalue weighted by atomic mass is 32.2. The molecule has 1 aromatic carbocycles. The van der Waals surface area contributed by atoms with E-state index in [1.54, 1.807) is 0 Å². The Bertz CT molecular complexity index is 929. The Morgan fingerprint density at radius 2 is 2.00 bits per heavy atom. The number of hydrogen-bond acceptors (Lipinski definition) is 4. The average Bonchev–Trinajstić information content (AvgIpc) is 3.17. The lowest BCUT2D eigenvalue weighted by Gasteiger charge is -2.16. The monoisotopic (exact) mass is 386 g/mol. The van der Waals surface area contributed by atoms with Gasteiger partial charge in [-0.05, 0) is 25.0 Å². The standard InChI is InChI=1S/C16H17F3N4O2S/c17-6-10-7-23(26(24,25)14-4-3-11(18)5-13(14)19)8-12(10)16-20-15(21-22-16)9-1-2-9/h3-5,9-10,12H,1-2,6-8H2,(H,20,21,22). The summed E-state index contributed by atoms with van der Waals surface area (Å²) in [5.74, 6) is -1.68. The Hall–Kier alpha value is -1.94. The van der Waals surface area contributed by atoms with Gasteiger partial charge in [-0.25, -0.2) is 22.2 Å². The number of aromatic amines is 1. The summed E-state index contributed by atoms with van der Waals surface area (Å²) in [5.41, 5.74) is 0. The van der Waals surface area contributed by atoms with Crippen molar-refractivity contribution in [3.05, 3.63) is 41.5 Å². The fourth-order valence-electron chi connectivity index (χ4n) is 3.30. The summed E-state index contributed by atoms with van der Waals surface area (Å²) in [7, 11) is -4.20. The van der Waals surface area contributed by atoms with Crippen LogP contribution in [0.25, 0.3) is 0 Å². The lowest BCUT2D eigenvalue weighted by atomic mass is 9.97. The lowest BCUT2D eigenvalue weighted by Crippen LogP contribution is -2.30. The molecule has 2 aromatic rings. The van der Waals surface area contributed by atoms with E-state index in [9.17, 15) is 21.6 Å². The topological polar surface area (TPSA) is 79.0 Å². The Labute approximate surface area is 148 Å². The van der Waals surface area contributed by atoms with E-state index in [0.29, 0.717) is 23.6 Å². The molecule has 140 valence electrons. The predicted octanol–water partition coefficient (Wildman–Crippen LogP) is 2.33. The summed E-state index contributed by atoms with van der Waals surface area (Å²) in [6, 6.07) is 2.29. The summed E-state index contributed by atoms with van der Waals surface area (Å²) >= 11 is 0. The van der Waals surface area contributed by atoms with Crippen LogP contribution >= 0.6 is 0 Å². The SMILES string of the molecule is O=S(=O)(c1ccc(F)cc1F)N1CC(CF)C(c2nc(C3CC3)n[nH]2)C1. The first-order valence-corrected chi connectivity index (χ1v) is 9.77. The summed E-state index contributed by atoms with van der Waals surface area (Å²) < 4.78 is 67.0. The molecule has 2 aliphatic rings. The molecule has 1 N–H and O–H groups in total. The van der Waals surface area contributed by atoms with Crippen LogP contribution in [-0.4, -0.2) is 47.7 Å². The Balaban J connectivity index is 1.61. The van der Waals surface area contributed by atoms with Gasteiger partial charge in [-0.3, -0.25) is 9.49 Å². The van der Waals surface area contributed by atoms with Gasteiger partial charge in [-0.2, -0.15) is 9.40 Å². The van der Waals surface area contributed by atoms with Crippen molar-refractivity contribution < 1.29 is 21.6 Å². The summed E-state index contributed by atoms with van der Waals surface area (Å²) in [5, 5.41) is 6.92. The Morgan fingerprint density at radius 3 is 2.65 bits per heavy atom. The van der Waals surface area contributed by atoms with Gasteiger partial charge in [-0.15, -0.1) is 0 Å². The normalized spacial score (nSPS) is 24.3. The molecule has 1 aromatic heterocycles. The van der Waals surface area contributed by atoms with Crippen molar-refractivity contribution in [1.29, 1.82) is 0 Å². The second-order valence-corrected chi connectivity index (χ2v) is 8.68. The van der Waals surface area contributed by atoms with E-state index in [2.05, 4.69) is 15.2 Å². The first-order chi connectivity index (χ1) is 12.4. The van der Waals surface area contributed by atoms with Gasteiger partial charge < -0.3 is 0 Å². The zero-order valence-electron chi connectivity index (χ0n) is 13.7. The number of H-pyrrole nitrogens is 1. The maximum Gasteiger partial charge on any atom is 0.246 e. The van der Waals surface area contributed by atoms with Crippen molar-refractivity contribution >= 4 is 10.0 Å². The van der Waals surface area contributed by atoms with E-state index in [-0.39, 0.29) is 13.1 Å². The van der Waals surface area contributed by atoms with E-state index in [4.69, 9.17) is 0 Å². The molecule has 0 spiro atoms. The average molecular weight is 386 g/mol. The number of benzene rings is 1. The zero-order valence-corrected chi connectivity index (χ0v) is 14.5. The minimum atomic E-state index is -4.20. The van der Waals surface area contributed by atoms with Crippen LogP contribution in [0.5, 0.6) is 0 Å². The molecule has 1 saturated heterocycles. The third kappa shape index (κ3) is 3.01. The number of aromatic nitrogens is 3. The third-order valence-corrected chi connectivity index (χ3v) is 6.80. The number of alkyl halides is 1. The molecule has 2 fully saturated rings. The van der Waals surface area contributed by atoms with Crippen LogP contribution in [-0.2, 0) is 10.0 Å². The zero-order chi connectivity index (χ0) is 18.5. The van der Waals surface area contributed by atoms with Crippen LogP contribution in [0.1, 0.15) is 36.3 Å². The molecular formula is C16H17F3N4O2S. The lowest BCUT2D eigenvalue weighted by molar-refractivity contribution is 0.345. The van der Waals surface area contributed by atoms with E-state index in [1.807, 2.05) is 0 Å². The molecule has 6 nitrogen and oxygen atoms in total. The van der Waals surface area contributed by atoms with E-state index >= 15 is 0 Å². The van der Waals surface area contributed by atoms with Gasteiger partial charge >= 0.3 is 0 Å². The predicted molar refractivity (Wildman–Crippen MR) is 85.7 cm³/mol. The van der Waals surface area contributed by atoms with Crippen LogP contribution in [0, 0.1) is 17.6 Å². The fraction of sp³-hybridized carbons (Fsp3) is 0.500. The second kappa shape index (κ2) is 6.34. The third-order valence-electron chi connectivity index (χ3n) is 4.93.